The van der Waals surface area contributed by atoms with E-state index in [9.17, 15) is 18.0 Å². The number of carbonyl (C=O) groups excluding carboxylic acids is 2. The van der Waals surface area contributed by atoms with Gasteiger partial charge in [0.2, 0.25) is 15.9 Å². The van der Waals surface area contributed by atoms with E-state index >= 15 is 0 Å². The molecule has 7 nitrogen and oxygen atoms in total. The lowest BCUT2D eigenvalue weighted by Crippen LogP contribution is -2.49. The second-order valence-corrected chi connectivity index (χ2v) is 6.99. The van der Waals surface area contributed by atoms with E-state index < -0.39 is 27.9 Å². The molecule has 1 aromatic carbocycles. The average Bonchev–Trinajstić information content (AvgIpc) is 2.52. The molecule has 0 saturated heterocycles. The lowest BCUT2D eigenvalue weighted by molar-refractivity contribution is -0.140. The predicted molar refractivity (Wildman–Crippen MR) is 85.0 cm³/mol. The highest BCUT2D eigenvalue weighted by Crippen LogP contribution is 2.11. The fourth-order valence-corrected chi connectivity index (χ4v) is 3.19. The molecule has 1 atom stereocenters. The molecule has 0 bridgehead atoms. The molecular weight excluding hydrogens is 320 g/mol. The zero-order valence-corrected chi connectivity index (χ0v) is 14.2. The highest BCUT2D eigenvalue weighted by molar-refractivity contribution is 7.89. The minimum atomic E-state index is -3.80. The first-order valence-corrected chi connectivity index (χ1v) is 8.68. The van der Waals surface area contributed by atoms with E-state index in [4.69, 9.17) is 0 Å². The normalized spacial score (nSPS) is 12.7. The van der Waals surface area contributed by atoms with Crippen molar-refractivity contribution in [2.75, 3.05) is 13.7 Å². The second-order valence-electron chi connectivity index (χ2n) is 5.27. The van der Waals surface area contributed by atoms with E-state index in [0.717, 1.165) is 0 Å². The Balaban J connectivity index is 2.75. The summed E-state index contributed by atoms with van der Waals surface area (Å²) in [7, 11) is -2.54. The Kier molecular flexibility index (Phi) is 7.18. The van der Waals surface area contributed by atoms with Crippen molar-refractivity contribution in [2.24, 2.45) is 5.92 Å². The number of hydrogen-bond acceptors (Lipinski definition) is 5. The van der Waals surface area contributed by atoms with Gasteiger partial charge in [-0.2, -0.15) is 4.72 Å². The van der Waals surface area contributed by atoms with E-state index in [1.807, 2.05) is 0 Å². The molecule has 1 aromatic rings. The van der Waals surface area contributed by atoms with Crippen molar-refractivity contribution in [3.8, 4) is 0 Å². The van der Waals surface area contributed by atoms with Crippen molar-refractivity contribution >= 4 is 21.9 Å². The number of ether oxygens (including phenoxy) is 1. The van der Waals surface area contributed by atoms with Crippen LogP contribution < -0.4 is 10.0 Å². The molecule has 2 N–H and O–H groups in total. The smallest absolute Gasteiger partial charge is 0.307 e. The van der Waals surface area contributed by atoms with Gasteiger partial charge in [0.15, 0.2) is 0 Å². The Morgan fingerprint density at radius 1 is 1.17 bits per heavy atom. The molecule has 0 saturated carbocycles. The van der Waals surface area contributed by atoms with Crippen LogP contribution in [0.3, 0.4) is 0 Å². The lowest BCUT2D eigenvalue weighted by atomic mass is 10.1. The molecule has 128 valence electrons. The van der Waals surface area contributed by atoms with Gasteiger partial charge in [-0.05, 0) is 18.1 Å². The third-order valence-electron chi connectivity index (χ3n) is 3.14. The fourth-order valence-electron chi connectivity index (χ4n) is 1.83. The van der Waals surface area contributed by atoms with Crippen LogP contribution in [0.2, 0.25) is 0 Å². The summed E-state index contributed by atoms with van der Waals surface area (Å²) in [4.78, 5) is 23.3. The van der Waals surface area contributed by atoms with Crippen molar-refractivity contribution in [1.29, 1.82) is 0 Å². The van der Waals surface area contributed by atoms with Crippen molar-refractivity contribution in [3.05, 3.63) is 30.3 Å². The Bertz CT molecular complexity index is 629. The van der Waals surface area contributed by atoms with Gasteiger partial charge < -0.3 is 10.1 Å². The molecule has 0 aromatic heterocycles. The molecule has 23 heavy (non-hydrogen) atoms. The highest BCUT2D eigenvalue weighted by Gasteiger charge is 2.28. The topological polar surface area (TPSA) is 102 Å². The molecule has 0 fully saturated rings. The molecule has 8 heteroatoms. The third kappa shape index (κ3) is 5.99. The molecule has 0 aliphatic carbocycles. The molecule has 1 unspecified atom stereocenters. The first kappa shape index (κ1) is 19.1. The maximum Gasteiger partial charge on any atom is 0.307 e. The number of rotatable bonds is 8. The standard InChI is InChI=1S/C15H22N2O5S/c1-11(2)14(15(19)16-10-9-13(18)22-3)17-23(20,21)12-7-5-4-6-8-12/h4-8,11,14,17H,9-10H2,1-3H3,(H,16,19). The number of methoxy groups -OCH3 is 1. The van der Waals surface area contributed by atoms with Crippen LogP contribution in [0.25, 0.3) is 0 Å². The van der Waals surface area contributed by atoms with Crippen LogP contribution in [0.1, 0.15) is 20.3 Å². The fraction of sp³-hybridized carbons (Fsp3) is 0.467. The quantitative estimate of drug-likeness (QED) is 0.676. The van der Waals surface area contributed by atoms with Crippen molar-refractivity contribution in [3.63, 3.8) is 0 Å². The van der Waals surface area contributed by atoms with Gasteiger partial charge in [-0.25, -0.2) is 8.42 Å². The van der Waals surface area contributed by atoms with Crippen LogP contribution in [0.15, 0.2) is 35.2 Å². The van der Waals surface area contributed by atoms with Gasteiger partial charge >= 0.3 is 5.97 Å². The lowest BCUT2D eigenvalue weighted by Gasteiger charge is -2.21. The zero-order valence-electron chi connectivity index (χ0n) is 13.4. The van der Waals surface area contributed by atoms with Crippen molar-refractivity contribution in [1.82, 2.24) is 10.0 Å². The van der Waals surface area contributed by atoms with Crippen LogP contribution in [0.4, 0.5) is 0 Å². The minimum Gasteiger partial charge on any atom is -0.469 e. The summed E-state index contributed by atoms with van der Waals surface area (Å²) in [5.41, 5.74) is 0. The summed E-state index contributed by atoms with van der Waals surface area (Å²) in [5.74, 6) is -1.19. The largest absolute Gasteiger partial charge is 0.469 e. The van der Waals surface area contributed by atoms with Gasteiger partial charge in [-0.3, -0.25) is 9.59 Å². The monoisotopic (exact) mass is 342 g/mol. The molecule has 0 heterocycles. The maximum atomic E-state index is 12.3. The van der Waals surface area contributed by atoms with Gasteiger partial charge in [-0.1, -0.05) is 32.0 Å². The Labute approximate surface area is 136 Å². The number of amides is 1. The highest BCUT2D eigenvalue weighted by atomic mass is 32.2. The van der Waals surface area contributed by atoms with Crippen LogP contribution in [0.5, 0.6) is 0 Å². The summed E-state index contributed by atoms with van der Waals surface area (Å²) in [6.07, 6.45) is 0.0263. The second kappa shape index (κ2) is 8.64. The predicted octanol–water partition coefficient (Wildman–Crippen LogP) is 0.669. The number of benzene rings is 1. The van der Waals surface area contributed by atoms with E-state index in [1.165, 1.54) is 19.2 Å². The van der Waals surface area contributed by atoms with Crippen LogP contribution in [-0.4, -0.2) is 40.0 Å². The zero-order chi connectivity index (χ0) is 17.5. The van der Waals surface area contributed by atoms with Crippen LogP contribution in [0, 0.1) is 5.92 Å². The Morgan fingerprint density at radius 3 is 2.30 bits per heavy atom. The molecule has 1 rings (SSSR count). The summed E-state index contributed by atoms with van der Waals surface area (Å²) < 4.78 is 31.5. The van der Waals surface area contributed by atoms with E-state index in [1.54, 1.807) is 32.0 Å². The van der Waals surface area contributed by atoms with Gasteiger partial charge in [0, 0.05) is 6.54 Å². The summed E-state index contributed by atoms with van der Waals surface area (Å²) >= 11 is 0. The summed E-state index contributed by atoms with van der Waals surface area (Å²) in [6, 6.07) is 6.89. The van der Waals surface area contributed by atoms with Crippen molar-refractivity contribution < 1.29 is 22.7 Å². The van der Waals surface area contributed by atoms with Gasteiger partial charge in [-0.15, -0.1) is 0 Å². The van der Waals surface area contributed by atoms with Gasteiger partial charge in [0.25, 0.3) is 0 Å². The first-order chi connectivity index (χ1) is 10.8. The van der Waals surface area contributed by atoms with Gasteiger partial charge in [0.05, 0.1) is 18.4 Å². The van der Waals surface area contributed by atoms with Crippen LogP contribution in [-0.2, 0) is 24.3 Å². The SMILES string of the molecule is COC(=O)CCNC(=O)C(NS(=O)(=O)c1ccccc1)C(C)C. The molecule has 0 aliphatic rings. The maximum absolute atomic E-state index is 12.3. The van der Waals surface area contributed by atoms with Gasteiger partial charge in [0.1, 0.15) is 6.04 Å². The van der Waals surface area contributed by atoms with E-state index in [-0.39, 0.29) is 23.8 Å². The molecule has 0 spiro atoms. The van der Waals surface area contributed by atoms with E-state index in [2.05, 4.69) is 14.8 Å². The number of hydrogen-bond donors (Lipinski definition) is 2. The number of carbonyl (C=O) groups is 2. The van der Waals surface area contributed by atoms with E-state index in [0.29, 0.717) is 0 Å². The Hall–Kier alpha value is -1.93. The third-order valence-corrected chi connectivity index (χ3v) is 4.60. The summed E-state index contributed by atoms with van der Waals surface area (Å²) in [5, 5.41) is 2.54. The number of sulfonamides is 1. The molecule has 0 radical (unpaired) electrons. The molecule has 0 aliphatic heterocycles. The summed E-state index contributed by atoms with van der Waals surface area (Å²) in [6.45, 7) is 3.55. The minimum absolute atomic E-state index is 0.0263. The van der Waals surface area contributed by atoms with Crippen molar-refractivity contribution in [2.45, 2.75) is 31.2 Å². The number of esters is 1. The average molecular weight is 342 g/mol. The first-order valence-electron chi connectivity index (χ1n) is 7.20. The van der Waals surface area contributed by atoms with Crippen LogP contribution >= 0.6 is 0 Å². The number of nitrogens with one attached hydrogen (secondary N) is 2. The molecule has 1 amide bonds. The Morgan fingerprint density at radius 2 is 1.78 bits per heavy atom. The molecular formula is C15H22N2O5S.